The van der Waals surface area contributed by atoms with Gasteiger partial charge in [0.1, 0.15) is 33.1 Å². The molecule has 1 saturated carbocycles. The van der Waals surface area contributed by atoms with Crippen LogP contribution in [-0.4, -0.2) is 30.3 Å². The Morgan fingerprint density at radius 3 is 2.74 bits per heavy atom. The molecule has 4 aromatic rings. The number of thioether (sulfide) groups is 1. The topological polar surface area (TPSA) is 82.5 Å². The van der Waals surface area contributed by atoms with Crippen LogP contribution in [-0.2, 0) is 7.05 Å². The molecule has 0 radical (unpaired) electrons. The Kier molecular flexibility index (Phi) is 4.09. The summed E-state index contributed by atoms with van der Waals surface area (Å²) >= 11 is 3.35. The van der Waals surface area contributed by atoms with Crippen molar-refractivity contribution >= 4 is 39.3 Å². The fraction of sp³-hybridized carbons (Fsp3) is 0.263. The normalized spacial score (nSPS) is 14.1. The van der Waals surface area contributed by atoms with Gasteiger partial charge < -0.3 is 10.3 Å². The lowest BCUT2D eigenvalue weighted by atomic mass is 10.1. The van der Waals surface area contributed by atoms with E-state index in [0.29, 0.717) is 11.3 Å². The number of aromatic nitrogens is 5. The molecule has 3 heterocycles. The third kappa shape index (κ3) is 3.08. The number of anilines is 1. The van der Waals surface area contributed by atoms with Gasteiger partial charge in [0.15, 0.2) is 11.0 Å². The van der Waals surface area contributed by atoms with Crippen molar-refractivity contribution in [3.63, 3.8) is 0 Å². The number of rotatable bonds is 5. The molecule has 1 aromatic carbocycles. The first-order valence-electron chi connectivity index (χ1n) is 8.83. The molecule has 0 atom stereocenters. The smallest absolute Gasteiger partial charge is 0.168 e. The van der Waals surface area contributed by atoms with Crippen LogP contribution in [0.2, 0.25) is 0 Å². The maximum Gasteiger partial charge on any atom is 0.168 e. The lowest BCUT2D eigenvalue weighted by Gasteiger charge is -2.04. The molecule has 3 aromatic heterocycles. The monoisotopic (exact) mass is 394 g/mol. The van der Waals surface area contributed by atoms with Crippen molar-refractivity contribution in [2.75, 3.05) is 11.5 Å². The van der Waals surface area contributed by atoms with E-state index in [1.807, 2.05) is 30.0 Å². The van der Waals surface area contributed by atoms with Gasteiger partial charge in [-0.25, -0.2) is 19.9 Å². The van der Waals surface area contributed by atoms with Crippen molar-refractivity contribution in [1.29, 1.82) is 0 Å². The highest BCUT2D eigenvalue weighted by molar-refractivity contribution is 7.99. The number of imidazole rings is 1. The largest absolute Gasteiger partial charge is 0.382 e. The predicted octanol–water partition coefficient (Wildman–Crippen LogP) is 4.24. The number of nitrogen functional groups attached to an aromatic ring is 1. The minimum Gasteiger partial charge on any atom is -0.382 e. The second-order valence-electron chi connectivity index (χ2n) is 6.70. The van der Waals surface area contributed by atoms with Crippen LogP contribution in [0.4, 0.5) is 5.82 Å². The Labute approximate surface area is 164 Å². The van der Waals surface area contributed by atoms with E-state index in [1.165, 1.54) is 30.5 Å². The van der Waals surface area contributed by atoms with Crippen LogP contribution < -0.4 is 5.73 Å². The summed E-state index contributed by atoms with van der Waals surface area (Å²) in [6.45, 7) is 0. The number of benzene rings is 1. The number of thiazole rings is 1. The van der Waals surface area contributed by atoms with Gasteiger partial charge in [-0.2, -0.15) is 0 Å². The first-order chi connectivity index (χ1) is 13.2. The minimum atomic E-state index is 0.411. The lowest BCUT2D eigenvalue weighted by Crippen LogP contribution is -1.96. The minimum absolute atomic E-state index is 0.411. The Morgan fingerprint density at radius 1 is 1.19 bits per heavy atom. The number of hydrogen-bond acceptors (Lipinski definition) is 7. The molecule has 5 rings (SSSR count). The summed E-state index contributed by atoms with van der Waals surface area (Å²) in [6, 6.07) is 10.3. The molecule has 6 nitrogen and oxygen atoms in total. The fourth-order valence-corrected chi connectivity index (χ4v) is 5.15. The number of nitrogens with two attached hydrogens (primary N) is 1. The molecule has 0 aliphatic heterocycles. The third-order valence-electron chi connectivity index (χ3n) is 4.67. The zero-order chi connectivity index (χ0) is 18.4. The van der Waals surface area contributed by atoms with Crippen LogP contribution in [0.25, 0.3) is 32.3 Å². The van der Waals surface area contributed by atoms with Gasteiger partial charge in [0.05, 0.1) is 0 Å². The maximum absolute atomic E-state index is 5.99. The van der Waals surface area contributed by atoms with E-state index in [9.17, 15) is 0 Å². The molecule has 0 spiro atoms. The maximum atomic E-state index is 5.99. The highest BCUT2D eigenvalue weighted by Gasteiger charge is 2.25. The molecule has 1 aliphatic carbocycles. The van der Waals surface area contributed by atoms with Crippen molar-refractivity contribution in [3.05, 3.63) is 36.7 Å². The third-order valence-corrected chi connectivity index (χ3v) is 6.90. The Balaban J connectivity index is 1.67. The van der Waals surface area contributed by atoms with Crippen molar-refractivity contribution in [1.82, 2.24) is 24.5 Å². The van der Waals surface area contributed by atoms with Gasteiger partial charge in [0.25, 0.3) is 0 Å². The molecular weight excluding hydrogens is 376 g/mol. The zero-order valence-corrected chi connectivity index (χ0v) is 16.4. The van der Waals surface area contributed by atoms with Crippen molar-refractivity contribution < 1.29 is 0 Å². The molecule has 0 amide bonds. The Hall–Kier alpha value is -2.45. The molecule has 1 fully saturated rings. The molecule has 0 saturated heterocycles. The van der Waals surface area contributed by atoms with E-state index in [4.69, 9.17) is 15.7 Å². The van der Waals surface area contributed by atoms with Gasteiger partial charge in [-0.15, -0.1) is 0 Å². The highest BCUT2D eigenvalue weighted by atomic mass is 32.2. The first kappa shape index (κ1) is 16.7. The van der Waals surface area contributed by atoms with Gasteiger partial charge in [0, 0.05) is 18.4 Å². The zero-order valence-electron chi connectivity index (χ0n) is 14.8. The van der Waals surface area contributed by atoms with Gasteiger partial charge in [-0.3, -0.25) is 0 Å². The van der Waals surface area contributed by atoms with Gasteiger partial charge >= 0.3 is 0 Å². The van der Waals surface area contributed by atoms with E-state index >= 15 is 0 Å². The standard InChI is InChI=1S/C19H18N6S2/c1-25-15(18-23-14-16(20)21-10-22-17(14)27-18)13(12-5-3-2-4-6-12)24-19(25)26-9-11-7-8-11/h2-6,10-11H,7-9H2,1H3,(H2,20,21,22). The average molecular weight is 395 g/mol. The van der Waals surface area contributed by atoms with Crippen LogP contribution in [0, 0.1) is 5.92 Å². The van der Waals surface area contributed by atoms with Crippen molar-refractivity contribution in [3.8, 4) is 22.0 Å². The summed E-state index contributed by atoms with van der Waals surface area (Å²) in [5.41, 5.74) is 9.68. The summed E-state index contributed by atoms with van der Waals surface area (Å²) in [5.74, 6) is 2.37. The van der Waals surface area contributed by atoms with Gasteiger partial charge in [-0.1, -0.05) is 53.4 Å². The fourth-order valence-electron chi connectivity index (χ4n) is 3.00. The molecule has 0 bridgehead atoms. The summed E-state index contributed by atoms with van der Waals surface area (Å²) in [7, 11) is 2.06. The quantitative estimate of drug-likeness (QED) is 0.510. The van der Waals surface area contributed by atoms with Crippen LogP contribution in [0.1, 0.15) is 12.8 Å². The summed E-state index contributed by atoms with van der Waals surface area (Å²) in [4.78, 5) is 18.9. The predicted molar refractivity (Wildman–Crippen MR) is 111 cm³/mol. The molecular formula is C19H18N6S2. The van der Waals surface area contributed by atoms with Gasteiger partial charge in [0.2, 0.25) is 0 Å². The van der Waals surface area contributed by atoms with E-state index in [-0.39, 0.29) is 0 Å². The second-order valence-corrected chi connectivity index (χ2v) is 8.67. The van der Waals surface area contributed by atoms with Crippen LogP contribution in [0.15, 0.2) is 41.8 Å². The molecule has 136 valence electrons. The molecule has 8 heteroatoms. The molecule has 2 N–H and O–H groups in total. The van der Waals surface area contributed by atoms with Crippen molar-refractivity contribution in [2.45, 2.75) is 18.0 Å². The van der Waals surface area contributed by atoms with Crippen LogP contribution in [0.5, 0.6) is 0 Å². The van der Waals surface area contributed by atoms with Crippen LogP contribution >= 0.6 is 23.1 Å². The molecule has 0 unspecified atom stereocenters. The summed E-state index contributed by atoms with van der Waals surface area (Å²) in [5, 5.41) is 1.89. The highest BCUT2D eigenvalue weighted by Crippen LogP contribution is 2.40. The Bertz CT molecular complexity index is 1110. The average Bonchev–Trinajstić information content (AvgIpc) is 3.32. The van der Waals surface area contributed by atoms with E-state index in [2.05, 4.69) is 33.7 Å². The van der Waals surface area contributed by atoms with Gasteiger partial charge in [-0.05, 0) is 18.8 Å². The number of nitrogens with zero attached hydrogens (tertiary/aromatic N) is 5. The van der Waals surface area contributed by atoms with Crippen LogP contribution in [0.3, 0.4) is 0 Å². The Morgan fingerprint density at radius 2 is 2.00 bits per heavy atom. The number of fused-ring (bicyclic) bond motifs is 1. The van der Waals surface area contributed by atoms with E-state index < -0.39 is 0 Å². The van der Waals surface area contributed by atoms with Crippen molar-refractivity contribution in [2.24, 2.45) is 13.0 Å². The number of hydrogen-bond donors (Lipinski definition) is 1. The lowest BCUT2D eigenvalue weighted by molar-refractivity contribution is 0.794. The van der Waals surface area contributed by atoms with E-state index in [1.54, 1.807) is 0 Å². The summed E-state index contributed by atoms with van der Waals surface area (Å²) in [6.07, 6.45) is 4.16. The SMILES string of the molecule is Cn1c(SCC2CC2)nc(-c2ccccc2)c1-c1nc2c(N)ncnc2s1. The second kappa shape index (κ2) is 6.61. The summed E-state index contributed by atoms with van der Waals surface area (Å²) < 4.78 is 2.15. The molecule has 27 heavy (non-hydrogen) atoms. The molecule has 1 aliphatic rings. The first-order valence-corrected chi connectivity index (χ1v) is 10.6. The van der Waals surface area contributed by atoms with E-state index in [0.717, 1.165) is 43.6 Å².